The molecule has 580 valence electrons. The van der Waals surface area contributed by atoms with Crippen molar-refractivity contribution in [3.8, 4) is 89.0 Å². The molecule has 2 spiro atoms. The van der Waals surface area contributed by atoms with Crippen molar-refractivity contribution in [2.24, 2.45) is 47.3 Å². The predicted molar refractivity (Wildman–Crippen MR) is 501 cm³/mol. The summed E-state index contributed by atoms with van der Waals surface area (Å²) in [5, 5.41) is 5.09. The van der Waals surface area contributed by atoms with Gasteiger partial charge >= 0.3 is 0 Å². The number of hydrogen-bond acceptors (Lipinski definition) is 2. The predicted octanol–water partition coefficient (Wildman–Crippen LogP) is 31.3. The van der Waals surface area contributed by atoms with Gasteiger partial charge in [-0.15, -0.1) is 0 Å². The highest BCUT2D eigenvalue weighted by Crippen LogP contribution is 2.72. The number of nitrogens with zero attached hydrogens (tertiary/aromatic N) is 2. The van der Waals surface area contributed by atoms with E-state index in [2.05, 4.69) is 389 Å². The summed E-state index contributed by atoms with van der Waals surface area (Å²) in [6, 6.07) is 134. The van der Waals surface area contributed by atoms with Gasteiger partial charge in [-0.25, -0.2) is 0 Å². The van der Waals surface area contributed by atoms with Crippen LogP contribution in [0.3, 0.4) is 0 Å². The minimum Gasteiger partial charge on any atom is -0.310 e. The third-order valence-corrected chi connectivity index (χ3v) is 32.1. The first-order valence-electron chi connectivity index (χ1n) is 44.9. The molecular formula is C118H98N2. The molecule has 0 aromatic heterocycles. The molecule has 28 rings (SSSR count). The molecule has 0 radical (unpaired) electrons. The van der Waals surface area contributed by atoms with Gasteiger partial charge in [-0.05, 0) is 345 Å². The normalized spacial score (nSPS) is 23.4. The van der Waals surface area contributed by atoms with Crippen molar-refractivity contribution in [3.63, 3.8) is 0 Å². The van der Waals surface area contributed by atoms with Crippen LogP contribution in [0.25, 0.3) is 111 Å². The van der Waals surface area contributed by atoms with E-state index in [1.54, 1.807) is 22.3 Å². The fourth-order valence-corrected chi connectivity index (χ4v) is 27.5. The summed E-state index contributed by atoms with van der Waals surface area (Å²) in [7, 11) is 0. The van der Waals surface area contributed by atoms with Crippen LogP contribution >= 0.6 is 0 Å². The van der Waals surface area contributed by atoms with E-state index in [9.17, 15) is 0 Å². The summed E-state index contributed by atoms with van der Waals surface area (Å²) in [6.07, 6.45) is 14.2. The minimum atomic E-state index is -0.0890. The second kappa shape index (κ2) is 26.6. The molecule has 0 atom stereocenters. The second-order valence-corrected chi connectivity index (χ2v) is 38.6. The zero-order valence-corrected chi connectivity index (χ0v) is 69.1. The van der Waals surface area contributed by atoms with E-state index >= 15 is 0 Å². The number of benzene rings is 16. The van der Waals surface area contributed by atoms with Crippen LogP contribution in [0, 0.1) is 47.3 Å². The number of rotatable bonds is 10. The molecule has 16 aromatic carbocycles. The average molecular weight is 1540 g/mol. The maximum Gasteiger partial charge on any atom is 0.0465 e. The second-order valence-electron chi connectivity index (χ2n) is 38.6. The van der Waals surface area contributed by atoms with Crippen molar-refractivity contribution >= 4 is 55.7 Å². The molecule has 0 saturated heterocycles. The van der Waals surface area contributed by atoms with Crippen molar-refractivity contribution in [1.29, 1.82) is 0 Å². The summed E-state index contributed by atoms with van der Waals surface area (Å²) >= 11 is 0. The summed E-state index contributed by atoms with van der Waals surface area (Å²) < 4.78 is 0. The third-order valence-electron chi connectivity index (χ3n) is 32.1. The first kappa shape index (κ1) is 70.6. The van der Waals surface area contributed by atoms with Gasteiger partial charge in [0.25, 0.3) is 0 Å². The lowest BCUT2D eigenvalue weighted by Gasteiger charge is -2.61. The van der Waals surface area contributed by atoms with E-state index < -0.39 is 0 Å². The molecule has 8 saturated carbocycles. The van der Waals surface area contributed by atoms with Crippen LogP contribution in [-0.2, 0) is 21.7 Å². The zero-order chi connectivity index (χ0) is 79.5. The molecule has 0 amide bonds. The molecule has 8 bridgehead atoms. The molecular weight excluding hydrogens is 1450 g/mol. The van der Waals surface area contributed by atoms with Crippen molar-refractivity contribution in [3.05, 3.63) is 396 Å². The molecule has 2 nitrogen and oxygen atoms in total. The van der Waals surface area contributed by atoms with Gasteiger partial charge in [-0.1, -0.05) is 301 Å². The molecule has 8 fully saturated rings. The summed E-state index contributed by atoms with van der Waals surface area (Å²) in [4.78, 5) is 4.92. The maximum absolute atomic E-state index is 2.52. The molecule has 16 aromatic rings. The van der Waals surface area contributed by atoms with Gasteiger partial charge in [0.1, 0.15) is 0 Å². The van der Waals surface area contributed by atoms with E-state index in [1.807, 2.05) is 0 Å². The fourth-order valence-electron chi connectivity index (χ4n) is 27.5. The molecule has 0 N–H and O–H groups in total. The Morgan fingerprint density at radius 1 is 0.200 bits per heavy atom. The SMILES string of the molecule is CC1(C)c2ccccc2-c2ccc(N(c3ccc(-c4ccc5ccccc5c4)cc3)c3ccc(-c4cccc5c4-c4ccccc4C54C5CC6CC(C5)CC4C6)cc3)cc21.CC1(C)c2ccccc2-c2ccc(N(c3ccc(-c4cccc5c4-c4ccccc4C54C5CC6CC(C5)CC4C6)cc3)c3ccc(-c4cccc5ccccc45)cc3)cc21. The maximum atomic E-state index is 2.52. The van der Waals surface area contributed by atoms with Crippen molar-refractivity contribution in [1.82, 2.24) is 0 Å². The zero-order valence-electron chi connectivity index (χ0n) is 69.1. The van der Waals surface area contributed by atoms with Crippen LogP contribution in [0.2, 0.25) is 0 Å². The van der Waals surface area contributed by atoms with E-state index in [0.717, 1.165) is 70.1 Å². The highest BCUT2D eigenvalue weighted by Gasteiger charge is 2.63. The van der Waals surface area contributed by atoms with Gasteiger partial charge in [0.15, 0.2) is 0 Å². The largest absolute Gasteiger partial charge is 0.310 e. The van der Waals surface area contributed by atoms with E-state index in [0.29, 0.717) is 0 Å². The molecule has 0 unspecified atom stereocenters. The topological polar surface area (TPSA) is 6.48 Å². The summed E-state index contributed by atoms with van der Waals surface area (Å²) in [6.45, 7) is 9.51. The van der Waals surface area contributed by atoms with Crippen molar-refractivity contribution in [2.75, 3.05) is 9.80 Å². The Labute approximate surface area is 706 Å². The minimum absolute atomic E-state index is 0.0873. The quantitative estimate of drug-likeness (QED) is 0.135. The van der Waals surface area contributed by atoms with Gasteiger partial charge in [-0.3, -0.25) is 0 Å². The van der Waals surface area contributed by atoms with Gasteiger partial charge < -0.3 is 9.80 Å². The van der Waals surface area contributed by atoms with Crippen molar-refractivity contribution in [2.45, 2.75) is 114 Å². The van der Waals surface area contributed by atoms with Crippen molar-refractivity contribution < 1.29 is 0 Å². The highest BCUT2D eigenvalue weighted by molar-refractivity contribution is 6.00. The Morgan fingerprint density at radius 2 is 0.508 bits per heavy atom. The van der Waals surface area contributed by atoms with E-state index in [-0.39, 0.29) is 21.7 Å². The van der Waals surface area contributed by atoms with Crippen LogP contribution in [-0.4, -0.2) is 0 Å². The Bertz CT molecular complexity index is 6800. The van der Waals surface area contributed by atoms with Gasteiger partial charge in [0.05, 0.1) is 0 Å². The van der Waals surface area contributed by atoms with Gasteiger partial charge in [0, 0.05) is 55.8 Å². The Kier molecular flexibility index (Phi) is 15.6. The highest BCUT2D eigenvalue weighted by atomic mass is 15.1. The Balaban J connectivity index is 0.000000133. The van der Waals surface area contributed by atoms with Crippen LogP contribution in [0.5, 0.6) is 0 Å². The van der Waals surface area contributed by atoms with E-state index in [1.165, 1.54) is 208 Å². The van der Waals surface area contributed by atoms with Crippen LogP contribution in [0.4, 0.5) is 34.1 Å². The molecule has 0 aliphatic heterocycles. The molecule has 12 aliphatic carbocycles. The lowest BCUT2D eigenvalue weighted by atomic mass is 9.43. The van der Waals surface area contributed by atoms with Gasteiger partial charge in [0.2, 0.25) is 0 Å². The number of hydrogen-bond donors (Lipinski definition) is 0. The van der Waals surface area contributed by atoms with Crippen LogP contribution in [0.15, 0.2) is 352 Å². The molecule has 12 aliphatic rings. The standard InChI is InChI=1S/2C59H49N/c1-58(2)53-18-7-5-14-50(53)51-30-29-46(36-56(51)58)60(44-25-21-40(22-26-44)48-16-9-12-39-11-3-4-13-47(39)48)45-27-23-41(24-28-45)49-17-10-20-55-57(49)52-15-6-8-19-54(52)59(55)42-32-37-31-38(34-42)35-43(59)33-37;1-58(2)53-15-7-5-12-50(53)51-29-28-48(36-56(51)58)60(46-24-20-40(21-25-46)43-19-18-39-10-3-4-11-42(39)35-43)47-26-22-41(23-27-47)49-14-9-17-55-57(49)52-13-6-8-16-54(52)59(55)44-31-37-30-38(33-44)34-45(59)32-37/h3-30,36-38,42-43H,31-35H2,1-2H3;3-29,35-38,44-45H,30-34H2,1-2H3. The summed E-state index contributed by atoms with van der Waals surface area (Å²) in [5.41, 5.74) is 40.8. The third kappa shape index (κ3) is 10.3. The van der Waals surface area contributed by atoms with E-state index in [4.69, 9.17) is 0 Å². The molecule has 120 heavy (non-hydrogen) atoms. The Morgan fingerprint density at radius 3 is 0.958 bits per heavy atom. The summed E-state index contributed by atoms with van der Waals surface area (Å²) in [5.74, 6) is 6.81. The Hall–Kier alpha value is -12.4. The van der Waals surface area contributed by atoms with Crippen LogP contribution in [0.1, 0.15) is 136 Å². The molecule has 0 heterocycles. The lowest BCUT2D eigenvalue weighted by Crippen LogP contribution is -2.55. The fraction of sp³-hybridized carbons (Fsp3) is 0.220. The van der Waals surface area contributed by atoms with Crippen LogP contribution < -0.4 is 9.80 Å². The lowest BCUT2D eigenvalue weighted by molar-refractivity contribution is -0.0399. The number of anilines is 6. The first-order chi connectivity index (χ1) is 58.9. The first-order valence-corrected chi connectivity index (χ1v) is 44.9. The molecule has 2 heteroatoms. The average Bonchev–Trinajstić information content (AvgIpc) is 1.50. The smallest absolute Gasteiger partial charge is 0.0465 e. The van der Waals surface area contributed by atoms with Gasteiger partial charge in [-0.2, -0.15) is 0 Å². The number of fused-ring (bicyclic) bond motifs is 14. The monoisotopic (exact) mass is 1540 g/mol.